The van der Waals surface area contributed by atoms with Gasteiger partial charge in [0.1, 0.15) is 5.69 Å². The van der Waals surface area contributed by atoms with Gasteiger partial charge in [0.2, 0.25) is 11.8 Å². The highest BCUT2D eigenvalue weighted by Crippen LogP contribution is 2.29. The molecular weight excluding hydrogens is 441 g/mol. The molecule has 5 rings (SSSR count). The number of hydrogen-bond donors (Lipinski definition) is 4. The Morgan fingerprint density at radius 3 is 2.61 bits per heavy atom. The molecule has 33 heavy (non-hydrogen) atoms. The van der Waals surface area contributed by atoms with Crippen LogP contribution in [-0.4, -0.2) is 40.7 Å². The fourth-order valence-corrected chi connectivity index (χ4v) is 3.15. The quantitative estimate of drug-likeness (QED) is 0.354. The summed E-state index contributed by atoms with van der Waals surface area (Å²) < 4.78 is 39.8. The van der Waals surface area contributed by atoms with Gasteiger partial charge in [-0.05, 0) is 36.6 Å². The number of aromatic nitrogens is 6. The Bertz CT molecular complexity index is 1500. The molecule has 4 N–H and O–H groups in total. The van der Waals surface area contributed by atoms with Crippen LogP contribution >= 0.6 is 0 Å². The van der Waals surface area contributed by atoms with E-state index in [9.17, 15) is 23.1 Å². The van der Waals surface area contributed by atoms with E-state index in [1.54, 1.807) is 0 Å². The number of aromatic amines is 2. The van der Waals surface area contributed by atoms with Crippen LogP contribution in [-0.2, 0) is 12.7 Å². The number of anilines is 1. The summed E-state index contributed by atoms with van der Waals surface area (Å²) >= 11 is 0. The normalized spacial score (nSPS) is 15.5. The van der Waals surface area contributed by atoms with Gasteiger partial charge < -0.3 is 15.4 Å². The van der Waals surface area contributed by atoms with Crippen LogP contribution in [0.3, 0.4) is 0 Å². The van der Waals surface area contributed by atoms with Crippen molar-refractivity contribution in [3.8, 4) is 5.88 Å². The smallest absolute Gasteiger partial charge is 0.416 e. The lowest BCUT2D eigenvalue weighted by molar-refractivity contribution is -0.137. The van der Waals surface area contributed by atoms with E-state index in [4.69, 9.17) is 0 Å². The van der Waals surface area contributed by atoms with Crippen LogP contribution in [0.1, 0.15) is 29.7 Å². The highest BCUT2D eigenvalue weighted by Gasteiger charge is 2.29. The van der Waals surface area contributed by atoms with Crippen molar-refractivity contribution in [1.29, 1.82) is 0 Å². The molecule has 1 aromatic carbocycles. The topological polar surface area (TPSA) is 136 Å². The molecule has 0 atom stereocenters. The number of H-pyrrole nitrogens is 2. The minimum atomic E-state index is -4.40. The van der Waals surface area contributed by atoms with Crippen molar-refractivity contribution in [1.82, 2.24) is 29.5 Å². The molecule has 170 valence electrons. The summed E-state index contributed by atoms with van der Waals surface area (Å²) in [5, 5.41) is 17.6. The first-order valence-corrected chi connectivity index (χ1v) is 9.99. The minimum Gasteiger partial charge on any atom is -0.493 e. The number of hydrogen-bond acceptors (Lipinski definition) is 7. The van der Waals surface area contributed by atoms with Crippen molar-refractivity contribution in [3.63, 3.8) is 0 Å². The molecule has 1 aliphatic rings. The Labute approximate surface area is 182 Å². The third kappa shape index (κ3) is 4.42. The Hall–Kier alpha value is -4.16. The lowest BCUT2D eigenvalue weighted by Gasteiger charge is -2.08. The summed E-state index contributed by atoms with van der Waals surface area (Å²) in [7, 11) is 0. The van der Waals surface area contributed by atoms with Crippen LogP contribution in [0.15, 0.2) is 40.2 Å². The predicted molar refractivity (Wildman–Crippen MR) is 110 cm³/mol. The van der Waals surface area contributed by atoms with Crippen LogP contribution in [0.4, 0.5) is 19.1 Å². The highest BCUT2D eigenvalue weighted by molar-refractivity contribution is 5.57. The Morgan fingerprint density at radius 2 is 1.97 bits per heavy atom. The van der Waals surface area contributed by atoms with E-state index >= 15 is 0 Å². The average molecular weight is 458 g/mol. The fraction of sp³-hybridized carbons (Fsp3) is 0.250. The van der Waals surface area contributed by atoms with E-state index in [1.807, 2.05) is 0 Å². The van der Waals surface area contributed by atoms with Gasteiger partial charge in [-0.3, -0.25) is 4.98 Å². The second-order valence-corrected chi connectivity index (χ2v) is 7.58. The molecule has 0 unspecified atom stereocenters. The van der Waals surface area contributed by atoms with Gasteiger partial charge in [0.15, 0.2) is 5.65 Å². The van der Waals surface area contributed by atoms with E-state index < -0.39 is 17.4 Å². The van der Waals surface area contributed by atoms with Crippen LogP contribution in [0.5, 0.6) is 5.88 Å². The number of rotatable bonds is 5. The predicted octanol–water partition coefficient (Wildman–Crippen LogP) is 1.09. The Balaban J connectivity index is 1.51. The molecule has 10 nitrogen and oxygen atoms in total. The average Bonchev–Trinajstić information content (AvgIpc) is 3.40. The summed E-state index contributed by atoms with van der Waals surface area (Å²) in [5.74, 6) is -0.110. The van der Waals surface area contributed by atoms with Crippen molar-refractivity contribution in [2.45, 2.75) is 31.6 Å². The summed E-state index contributed by atoms with van der Waals surface area (Å²) in [4.78, 5) is 29.5. The maximum atomic E-state index is 12.8. The molecule has 3 aromatic heterocycles. The van der Waals surface area contributed by atoms with Gasteiger partial charge in [-0.2, -0.15) is 32.8 Å². The molecule has 0 aliphatic heterocycles. The molecule has 3 heterocycles. The molecule has 13 heteroatoms. The molecule has 1 aliphatic carbocycles. The number of fused-ring (bicyclic) bond motifs is 1. The molecule has 0 radical (unpaired) electrons. The molecule has 1 fully saturated rings. The molecule has 1 saturated carbocycles. The van der Waals surface area contributed by atoms with Crippen LogP contribution in [0, 0.1) is 0 Å². The van der Waals surface area contributed by atoms with E-state index in [2.05, 4.69) is 35.3 Å². The van der Waals surface area contributed by atoms with Crippen molar-refractivity contribution in [2.24, 2.45) is 4.99 Å². The Kier molecular flexibility index (Phi) is 4.87. The molecule has 0 saturated heterocycles. The van der Waals surface area contributed by atoms with Crippen LogP contribution in [0.25, 0.3) is 11.7 Å². The van der Waals surface area contributed by atoms with Gasteiger partial charge >= 0.3 is 11.9 Å². The standard InChI is InChI=1S/C20H17F3N8O2/c21-20(22,23)12-3-1-10(2-4-12)8-24-17-28-15-11(7-14-16(32)29-19(33)27-14)9-25-31(15)18(30-17)26-13-5-6-13/h1-4,7,9,13,32H,5-6,8H2,(H,24,26,30)(H2,27,29,33). The fourth-order valence-electron chi connectivity index (χ4n) is 3.15. The monoisotopic (exact) mass is 458 g/mol. The first kappa shape index (κ1) is 20.7. The van der Waals surface area contributed by atoms with Gasteiger partial charge in [-0.1, -0.05) is 12.1 Å². The zero-order valence-electron chi connectivity index (χ0n) is 16.9. The number of alkyl halides is 3. The second-order valence-electron chi connectivity index (χ2n) is 7.58. The Morgan fingerprint density at radius 1 is 1.21 bits per heavy atom. The molecule has 0 amide bonds. The number of benzene rings is 1. The van der Waals surface area contributed by atoms with E-state index in [1.165, 1.54) is 28.9 Å². The van der Waals surface area contributed by atoms with E-state index in [0.717, 1.165) is 25.0 Å². The SMILES string of the molecule is O=c1[nH]c(O)c(C=c2cnn3c(=NC4CC4)nc(NCc4ccc(C(F)(F)F)cc4)nc23)[nH]1. The molecule has 0 bridgehead atoms. The van der Waals surface area contributed by atoms with Gasteiger partial charge in [0.25, 0.3) is 5.62 Å². The van der Waals surface area contributed by atoms with Crippen molar-refractivity contribution in [3.05, 3.63) is 68.6 Å². The zero-order chi connectivity index (χ0) is 23.2. The second kappa shape index (κ2) is 7.76. The van der Waals surface area contributed by atoms with Gasteiger partial charge in [0.05, 0.1) is 17.8 Å². The summed E-state index contributed by atoms with van der Waals surface area (Å²) in [6.07, 6.45) is 0.493. The maximum absolute atomic E-state index is 12.8. The van der Waals surface area contributed by atoms with Gasteiger partial charge in [0, 0.05) is 11.8 Å². The largest absolute Gasteiger partial charge is 0.493 e. The summed E-state index contributed by atoms with van der Waals surface area (Å²) in [6.45, 7) is 0.191. The summed E-state index contributed by atoms with van der Waals surface area (Å²) in [5.41, 5.74) is 0.188. The number of nitrogens with zero attached hydrogens (tertiary/aromatic N) is 5. The minimum absolute atomic E-state index is 0.146. The number of imidazole rings is 1. The van der Waals surface area contributed by atoms with Crippen LogP contribution in [0.2, 0.25) is 0 Å². The first-order chi connectivity index (χ1) is 15.8. The lowest BCUT2D eigenvalue weighted by Crippen LogP contribution is -2.24. The zero-order valence-corrected chi connectivity index (χ0v) is 16.9. The third-order valence-corrected chi connectivity index (χ3v) is 4.99. The molecular formula is C20H17F3N8O2. The number of halogens is 3. The molecule has 4 aromatic rings. The summed E-state index contributed by atoms with van der Waals surface area (Å²) in [6, 6.07) is 4.94. The lowest BCUT2D eigenvalue weighted by atomic mass is 10.1. The van der Waals surface area contributed by atoms with Crippen molar-refractivity contribution >= 4 is 17.7 Å². The third-order valence-electron chi connectivity index (χ3n) is 4.99. The van der Waals surface area contributed by atoms with E-state index in [-0.39, 0.29) is 30.1 Å². The highest BCUT2D eigenvalue weighted by atomic mass is 19.4. The first-order valence-electron chi connectivity index (χ1n) is 9.99. The van der Waals surface area contributed by atoms with Gasteiger partial charge in [-0.15, -0.1) is 0 Å². The van der Waals surface area contributed by atoms with Crippen molar-refractivity contribution in [2.75, 3.05) is 5.32 Å². The number of aromatic hydroxyl groups is 1. The number of nitrogens with one attached hydrogen (secondary N) is 3. The molecule has 0 spiro atoms. The maximum Gasteiger partial charge on any atom is 0.416 e. The van der Waals surface area contributed by atoms with E-state index in [0.29, 0.717) is 22.0 Å². The van der Waals surface area contributed by atoms with Crippen LogP contribution < -0.4 is 21.8 Å². The van der Waals surface area contributed by atoms with Crippen molar-refractivity contribution < 1.29 is 18.3 Å². The van der Waals surface area contributed by atoms with Gasteiger partial charge in [-0.25, -0.2) is 9.79 Å².